The van der Waals surface area contributed by atoms with Crippen LogP contribution in [0.4, 0.5) is 0 Å². The van der Waals surface area contributed by atoms with Crippen molar-refractivity contribution in [3.05, 3.63) is 0 Å². The molecule has 2 rings (SSSR count). The Morgan fingerprint density at radius 2 is 2.00 bits per heavy atom. The lowest BCUT2D eigenvalue weighted by Gasteiger charge is -2.35. The summed E-state index contributed by atoms with van der Waals surface area (Å²) in [6, 6.07) is 1.35. The van der Waals surface area contributed by atoms with Crippen LogP contribution in [0.2, 0.25) is 0 Å². The van der Waals surface area contributed by atoms with Gasteiger partial charge in [-0.25, -0.2) is 0 Å². The lowest BCUT2D eigenvalue weighted by molar-refractivity contribution is 0.0774. The first-order chi connectivity index (χ1) is 7.76. The Morgan fingerprint density at radius 1 is 1.31 bits per heavy atom. The Labute approximate surface area is 99.3 Å². The molecule has 2 fully saturated rings. The van der Waals surface area contributed by atoms with Gasteiger partial charge in [-0.1, -0.05) is 6.92 Å². The van der Waals surface area contributed by atoms with E-state index in [2.05, 4.69) is 11.8 Å². The Morgan fingerprint density at radius 3 is 2.44 bits per heavy atom. The summed E-state index contributed by atoms with van der Waals surface area (Å²) in [4.78, 5) is 2.68. The van der Waals surface area contributed by atoms with E-state index in [0.29, 0.717) is 12.0 Å². The predicted octanol–water partition coefficient (Wildman–Crippen LogP) is 1.47. The molecular formula is C13H26N2O. The fourth-order valence-corrected chi connectivity index (χ4v) is 2.63. The minimum Gasteiger partial charge on any atom is -0.384 e. The van der Waals surface area contributed by atoms with E-state index in [-0.39, 0.29) is 0 Å². The maximum absolute atomic E-state index is 5.97. The first kappa shape index (κ1) is 12.3. The first-order valence-corrected chi connectivity index (χ1v) is 6.71. The van der Waals surface area contributed by atoms with Gasteiger partial charge in [0.1, 0.15) is 0 Å². The average molecular weight is 226 g/mol. The molecule has 2 saturated carbocycles. The number of methoxy groups -OCH3 is 1. The molecule has 0 saturated heterocycles. The molecule has 2 unspecified atom stereocenters. The molecular weight excluding hydrogens is 200 g/mol. The minimum atomic E-state index is 0.521. The maximum atomic E-state index is 5.97. The van der Waals surface area contributed by atoms with Crippen LogP contribution in [0.5, 0.6) is 0 Å². The third-order valence-corrected chi connectivity index (χ3v) is 3.94. The fraction of sp³-hybridized carbons (Fsp3) is 1.00. The third-order valence-electron chi connectivity index (χ3n) is 3.94. The van der Waals surface area contributed by atoms with Gasteiger partial charge in [0, 0.05) is 32.3 Å². The summed E-state index contributed by atoms with van der Waals surface area (Å²) in [5.74, 6) is 1.51. The van der Waals surface area contributed by atoms with Crippen LogP contribution in [0, 0.1) is 11.8 Å². The standard InChI is InChI=1S/C13H26N2O/c1-10(9-16-2)13(7-14)15(12-5-6-12)8-11-3-4-11/h10-13H,3-9,14H2,1-2H3. The molecule has 2 N–H and O–H groups in total. The molecule has 0 aromatic rings. The molecule has 0 heterocycles. The van der Waals surface area contributed by atoms with Crippen LogP contribution < -0.4 is 5.73 Å². The summed E-state index contributed by atoms with van der Waals surface area (Å²) in [5, 5.41) is 0. The van der Waals surface area contributed by atoms with Crippen LogP contribution in [-0.2, 0) is 4.74 Å². The Balaban J connectivity index is 1.90. The van der Waals surface area contributed by atoms with Gasteiger partial charge in [-0.05, 0) is 37.5 Å². The molecule has 0 aromatic carbocycles. The SMILES string of the molecule is COCC(C)C(CN)N(CC1CC1)C1CC1. The fourth-order valence-electron chi connectivity index (χ4n) is 2.63. The number of rotatable bonds is 8. The Hall–Kier alpha value is -0.120. The summed E-state index contributed by atoms with van der Waals surface area (Å²) in [6.45, 7) is 5.15. The molecule has 0 aliphatic heterocycles. The van der Waals surface area contributed by atoms with E-state index in [1.807, 2.05) is 0 Å². The molecule has 3 nitrogen and oxygen atoms in total. The molecule has 0 spiro atoms. The number of hydrogen-bond donors (Lipinski definition) is 1. The second-order valence-electron chi connectivity index (χ2n) is 5.61. The largest absolute Gasteiger partial charge is 0.384 e. The zero-order valence-electron chi connectivity index (χ0n) is 10.7. The number of hydrogen-bond acceptors (Lipinski definition) is 3. The quantitative estimate of drug-likeness (QED) is 0.681. The lowest BCUT2D eigenvalue weighted by Crippen LogP contribution is -2.48. The van der Waals surface area contributed by atoms with Crippen molar-refractivity contribution in [2.45, 2.75) is 44.7 Å². The highest BCUT2D eigenvalue weighted by Gasteiger charge is 2.38. The van der Waals surface area contributed by atoms with E-state index in [1.54, 1.807) is 7.11 Å². The summed E-state index contributed by atoms with van der Waals surface area (Å²) < 4.78 is 5.28. The van der Waals surface area contributed by atoms with Crippen LogP contribution in [0.15, 0.2) is 0 Å². The normalized spacial score (nSPS) is 24.8. The van der Waals surface area contributed by atoms with Crippen molar-refractivity contribution >= 4 is 0 Å². The topological polar surface area (TPSA) is 38.5 Å². The molecule has 2 aliphatic rings. The molecule has 0 amide bonds. The average Bonchev–Trinajstić information content (AvgIpc) is 3.13. The smallest absolute Gasteiger partial charge is 0.0503 e. The maximum Gasteiger partial charge on any atom is 0.0503 e. The van der Waals surface area contributed by atoms with Crippen molar-refractivity contribution < 1.29 is 4.74 Å². The van der Waals surface area contributed by atoms with Crippen molar-refractivity contribution in [2.75, 3.05) is 26.8 Å². The third kappa shape index (κ3) is 3.19. The molecule has 16 heavy (non-hydrogen) atoms. The summed E-state index contributed by atoms with van der Waals surface area (Å²) in [5.41, 5.74) is 5.97. The van der Waals surface area contributed by atoms with Gasteiger partial charge in [0.05, 0.1) is 6.61 Å². The van der Waals surface area contributed by atoms with Crippen LogP contribution >= 0.6 is 0 Å². The van der Waals surface area contributed by atoms with Crippen molar-refractivity contribution in [1.82, 2.24) is 4.90 Å². The van der Waals surface area contributed by atoms with E-state index in [9.17, 15) is 0 Å². The van der Waals surface area contributed by atoms with Crippen molar-refractivity contribution in [2.24, 2.45) is 17.6 Å². The highest BCUT2D eigenvalue weighted by Crippen LogP contribution is 2.36. The van der Waals surface area contributed by atoms with Crippen LogP contribution in [0.1, 0.15) is 32.6 Å². The zero-order valence-corrected chi connectivity index (χ0v) is 10.7. The minimum absolute atomic E-state index is 0.521. The van der Waals surface area contributed by atoms with Crippen molar-refractivity contribution in [3.8, 4) is 0 Å². The van der Waals surface area contributed by atoms with E-state index < -0.39 is 0 Å². The summed E-state index contributed by atoms with van der Waals surface area (Å²) >= 11 is 0. The number of nitrogens with zero attached hydrogens (tertiary/aromatic N) is 1. The second-order valence-corrected chi connectivity index (χ2v) is 5.61. The van der Waals surface area contributed by atoms with Crippen molar-refractivity contribution in [1.29, 1.82) is 0 Å². The number of nitrogens with two attached hydrogens (primary N) is 1. The van der Waals surface area contributed by atoms with Gasteiger partial charge in [0.25, 0.3) is 0 Å². The van der Waals surface area contributed by atoms with Gasteiger partial charge in [-0.15, -0.1) is 0 Å². The summed E-state index contributed by atoms with van der Waals surface area (Å²) in [7, 11) is 1.78. The van der Waals surface area contributed by atoms with Gasteiger partial charge >= 0.3 is 0 Å². The van der Waals surface area contributed by atoms with Gasteiger partial charge in [-0.3, -0.25) is 4.90 Å². The molecule has 3 heteroatoms. The molecule has 0 aromatic heterocycles. The van der Waals surface area contributed by atoms with Crippen molar-refractivity contribution in [3.63, 3.8) is 0 Å². The zero-order chi connectivity index (χ0) is 11.5. The van der Waals surface area contributed by atoms with E-state index in [1.165, 1.54) is 32.2 Å². The second kappa shape index (κ2) is 5.48. The molecule has 2 atom stereocenters. The first-order valence-electron chi connectivity index (χ1n) is 6.71. The Kier molecular flexibility index (Phi) is 4.22. The summed E-state index contributed by atoms with van der Waals surface area (Å²) in [6.07, 6.45) is 5.62. The highest BCUT2D eigenvalue weighted by molar-refractivity contribution is 4.93. The van der Waals surface area contributed by atoms with E-state index >= 15 is 0 Å². The molecule has 0 bridgehead atoms. The molecule has 2 aliphatic carbocycles. The Bertz CT molecular complexity index is 214. The van der Waals surface area contributed by atoms with Gasteiger partial charge < -0.3 is 10.5 Å². The predicted molar refractivity (Wildman–Crippen MR) is 66.3 cm³/mol. The molecule has 94 valence electrons. The lowest BCUT2D eigenvalue weighted by atomic mass is 10.0. The van der Waals surface area contributed by atoms with Crippen LogP contribution in [0.3, 0.4) is 0 Å². The van der Waals surface area contributed by atoms with E-state index in [0.717, 1.165) is 25.1 Å². The van der Waals surface area contributed by atoms with E-state index in [4.69, 9.17) is 10.5 Å². The van der Waals surface area contributed by atoms with Gasteiger partial charge in [0.2, 0.25) is 0 Å². The monoisotopic (exact) mass is 226 g/mol. The highest BCUT2D eigenvalue weighted by atomic mass is 16.5. The van der Waals surface area contributed by atoms with Gasteiger partial charge in [0.15, 0.2) is 0 Å². The molecule has 0 radical (unpaired) electrons. The van der Waals surface area contributed by atoms with Crippen LogP contribution in [-0.4, -0.2) is 43.8 Å². The van der Waals surface area contributed by atoms with Crippen LogP contribution in [0.25, 0.3) is 0 Å². The number of ether oxygens (including phenoxy) is 1. The van der Waals surface area contributed by atoms with Gasteiger partial charge in [-0.2, -0.15) is 0 Å².